The van der Waals surface area contributed by atoms with E-state index in [4.69, 9.17) is 0 Å². The second-order valence-electron chi connectivity index (χ2n) is 5.09. The molecule has 0 aliphatic carbocycles. The van der Waals surface area contributed by atoms with Crippen LogP contribution < -0.4 is 0 Å². The lowest BCUT2D eigenvalue weighted by molar-refractivity contribution is 0.465. The van der Waals surface area contributed by atoms with E-state index in [9.17, 15) is 10.2 Å². The summed E-state index contributed by atoms with van der Waals surface area (Å²) in [5.74, 6) is 1.23. The maximum Gasteiger partial charge on any atom is 0.119 e. The van der Waals surface area contributed by atoms with Gasteiger partial charge in [0.1, 0.15) is 11.5 Å². The summed E-state index contributed by atoms with van der Waals surface area (Å²) in [7, 11) is 0. The molecule has 2 N–H and O–H groups in total. The van der Waals surface area contributed by atoms with Crippen molar-refractivity contribution in [2.75, 3.05) is 0 Å². The van der Waals surface area contributed by atoms with Gasteiger partial charge in [-0.25, -0.2) is 0 Å². The van der Waals surface area contributed by atoms with Gasteiger partial charge in [0.2, 0.25) is 0 Å². The van der Waals surface area contributed by atoms with Gasteiger partial charge >= 0.3 is 0 Å². The smallest absolute Gasteiger partial charge is 0.119 e. The second-order valence-corrected chi connectivity index (χ2v) is 5.09. The zero-order chi connectivity index (χ0) is 15.0. The van der Waals surface area contributed by atoms with E-state index in [0.29, 0.717) is 17.4 Å². The van der Waals surface area contributed by atoms with E-state index in [0.717, 1.165) is 24.0 Å². The summed E-state index contributed by atoms with van der Waals surface area (Å²) < 4.78 is 0. The fourth-order valence-corrected chi connectivity index (χ4v) is 1.97. The highest BCUT2D eigenvalue weighted by Crippen LogP contribution is 2.23. The van der Waals surface area contributed by atoms with Crippen LogP contribution in [-0.4, -0.2) is 10.2 Å². The highest BCUT2D eigenvalue weighted by atomic mass is 16.3. The lowest BCUT2D eigenvalue weighted by atomic mass is 10.0. The molecule has 0 heterocycles. The molecule has 0 amide bonds. The molecule has 0 aliphatic heterocycles. The van der Waals surface area contributed by atoms with Crippen molar-refractivity contribution in [3.8, 4) is 11.5 Å². The summed E-state index contributed by atoms with van der Waals surface area (Å²) in [6.07, 6.45) is 2.05. The van der Waals surface area contributed by atoms with Crippen LogP contribution in [0, 0.1) is 0 Å². The maximum atomic E-state index is 9.28. The van der Waals surface area contributed by atoms with Crippen LogP contribution in [0.5, 0.6) is 11.5 Å². The molecule has 2 rings (SSSR count). The van der Waals surface area contributed by atoms with Crippen LogP contribution in [0.1, 0.15) is 44.2 Å². The molecule has 20 heavy (non-hydrogen) atoms. The third kappa shape index (κ3) is 4.96. The Balaban J connectivity index is 0.000000200. The zero-order valence-electron chi connectivity index (χ0n) is 12.5. The molecule has 0 fully saturated rings. The molecule has 108 valence electrons. The molecule has 2 heteroatoms. The lowest BCUT2D eigenvalue weighted by Gasteiger charge is -2.05. The molecule has 0 unspecified atom stereocenters. The number of phenols is 2. The van der Waals surface area contributed by atoms with Crippen molar-refractivity contribution in [2.24, 2.45) is 0 Å². The number of phenolic OH excluding ortho intramolecular Hbond substituents is 2. The number of hydrogen-bond donors (Lipinski definition) is 2. The van der Waals surface area contributed by atoms with Crippen LogP contribution in [0.15, 0.2) is 48.5 Å². The van der Waals surface area contributed by atoms with Crippen molar-refractivity contribution in [1.82, 2.24) is 0 Å². The minimum Gasteiger partial charge on any atom is -0.508 e. The van der Waals surface area contributed by atoms with E-state index >= 15 is 0 Å². The Bertz CT molecular complexity index is 518. The third-order valence-electron chi connectivity index (χ3n) is 3.07. The highest BCUT2D eigenvalue weighted by molar-refractivity contribution is 5.34. The van der Waals surface area contributed by atoms with Crippen molar-refractivity contribution in [3.05, 3.63) is 59.7 Å². The Labute approximate surface area is 121 Å². The first-order chi connectivity index (χ1) is 9.56. The van der Waals surface area contributed by atoms with Gasteiger partial charge < -0.3 is 10.2 Å². The van der Waals surface area contributed by atoms with Gasteiger partial charge in [-0.15, -0.1) is 0 Å². The summed E-state index contributed by atoms with van der Waals surface area (Å²) in [4.78, 5) is 0. The van der Waals surface area contributed by atoms with Crippen molar-refractivity contribution in [1.29, 1.82) is 0 Å². The molecule has 0 saturated heterocycles. The fraction of sp³-hybridized carbons (Fsp3) is 0.333. The Morgan fingerprint density at radius 2 is 1.40 bits per heavy atom. The highest BCUT2D eigenvalue weighted by Gasteiger charge is 2.02. The number of para-hydroxylation sites is 2. The largest absolute Gasteiger partial charge is 0.508 e. The quantitative estimate of drug-likeness (QED) is 0.837. The second kappa shape index (κ2) is 8.26. The maximum absolute atomic E-state index is 9.28. The van der Waals surface area contributed by atoms with Gasteiger partial charge in [0.05, 0.1) is 0 Å². The van der Waals surface area contributed by atoms with E-state index in [2.05, 4.69) is 20.8 Å². The molecular formula is C18H24O2. The Hall–Kier alpha value is -1.96. The van der Waals surface area contributed by atoms with E-state index < -0.39 is 0 Å². The normalized spacial score (nSPS) is 10.0. The summed E-state index contributed by atoms with van der Waals surface area (Å²) in [6, 6.07) is 14.9. The Morgan fingerprint density at radius 3 is 1.85 bits per heavy atom. The van der Waals surface area contributed by atoms with Gasteiger partial charge in [-0.05, 0) is 35.6 Å². The van der Waals surface area contributed by atoms with Gasteiger partial charge in [-0.2, -0.15) is 0 Å². The molecule has 0 radical (unpaired) electrons. The predicted molar refractivity (Wildman–Crippen MR) is 84.3 cm³/mol. The molecule has 0 bridgehead atoms. The molecule has 0 aromatic heterocycles. The number of aryl methyl sites for hydroxylation is 1. The van der Waals surface area contributed by atoms with Crippen molar-refractivity contribution >= 4 is 0 Å². The van der Waals surface area contributed by atoms with Crippen molar-refractivity contribution in [3.63, 3.8) is 0 Å². The summed E-state index contributed by atoms with van der Waals surface area (Å²) in [5, 5.41) is 18.5. The average molecular weight is 272 g/mol. The Kier molecular flexibility index (Phi) is 6.65. The fourth-order valence-electron chi connectivity index (χ4n) is 1.97. The number of hydrogen-bond acceptors (Lipinski definition) is 2. The average Bonchev–Trinajstić information content (AvgIpc) is 2.42. The first-order valence-electron chi connectivity index (χ1n) is 7.11. The summed E-state index contributed by atoms with van der Waals surface area (Å²) in [6.45, 7) is 6.23. The van der Waals surface area contributed by atoms with Gasteiger partial charge in [0.15, 0.2) is 0 Å². The first kappa shape index (κ1) is 16.1. The van der Waals surface area contributed by atoms with Gasteiger partial charge in [0.25, 0.3) is 0 Å². The molecule has 2 aromatic rings. The molecule has 0 saturated carbocycles. The van der Waals surface area contributed by atoms with Crippen molar-refractivity contribution < 1.29 is 10.2 Å². The summed E-state index contributed by atoms with van der Waals surface area (Å²) >= 11 is 0. The minimum absolute atomic E-state index is 0.400. The van der Waals surface area contributed by atoms with E-state index in [1.807, 2.05) is 36.4 Å². The number of benzene rings is 2. The zero-order valence-corrected chi connectivity index (χ0v) is 12.5. The lowest BCUT2D eigenvalue weighted by Crippen LogP contribution is -1.85. The molecule has 2 aromatic carbocycles. The number of aromatic hydroxyl groups is 2. The van der Waals surface area contributed by atoms with E-state index in [-0.39, 0.29) is 0 Å². The van der Waals surface area contributed by atoms with E-state index in [1.54, 1.807) is 12.1 Å². The standard InChI is InChI=1S/2C9H12O/c1-7(2)8-5-3-4-6-9(8)10;1-2-5-8-6-3-4-7-9(8)10/h3-7,10H,1-2H3;3-4,6-7,10H,2,5H2,1H3. The molecular weight excluding hydrogens is 248 g/mol. The van der Waals surface area contributed by atoms with E-state index in [1.165, 1.54) is 0 Å². The van der Waals surface area contributed by atoms with Gasteiger partial charge in [-0.1, -0.05) is 63.6 Å². The topological polar surface area (TPSA) is 40.5 Å². The SMILES string of the molecule is CC(C)c1ccccc1O.CCCc1ccccc1O. The molecule has 0 aliphatic rings. The van der Waals surface area contributed by atoms with Crippen LogP contribution >= 0.6 is 0 Å². The summed E-state index contributed by atoms with van der Waals surface area (Å²) in [5.41, 5.74) is 2.06. The van der Waals surface area contributed by atoms with Crippen LogP contribution in [-0.2, 0) is 6.42 Å². The van der Waals surface area contributed by atoms with Gasteiger partial charge in [-0.3, -0.25) is 0 Å². The van der Waals surface area contributed by atoms with Crippen LogP contribution in [0.3, 0.4) is 0 Å². The van der Waals surface area contributed by atoms with Crippen LogP contribution in [0.2, 0.25) is 0 Å². The Morgan fingerprint density at radius 1 is 0.850 bits per heavy atom. The monoisotopic (exact) mass is 272 g/mol. The minimum atomic E-state index is 0.400. The predicted octanol–water partition coefficient (Wildman–Crippen LogP) is 4.86. The number of rotatable bonds is 3. The van der Waals surface area contributed by atoms with Crippen LogP contribution in [0.25, 0.3) is 0 Å². The molecule has 0 atom stereocenters. The third-order valence-corrected chi connectivity index (χ3v) is 3.07. The molecule has 0 spiro atoms. The van der Waals surface area contributed by atoms with Crippen LogP contribution in [0.4, 0.5) is 0 Å². The van der Waals surface area contributed by atoms with Crippen molar-refractivity contribution in [2.45, 2.75) is 39.5 Å². The first-order valence-corrected chi connectivity index (χ1v) is 7.11. The molecule has 2 nitrogen and oxygen atoms in total. The van der Waals surface area contributed by atoms with Gasteiger partial charge in [0, 0.05) is 0 Å².